The van der Waals surface area contributed by atoms with E-state index in [-0.39, 0.29) is 17.8 Å². The van der Waals surface area contributed by atoms with Crippen molar-refractivity contribution in [3.63, 3.8) is 0 Å². The van der Waals surface area contributed by atoms with E-state index in [9.17, 15) is 4.79 Å². The molecular formula is C7H11N5O. The normalized spacial score (nSPS) is 10.1. The van der Waals surface area contributed by atoms with Gasteiger partial charge in [-0.2, -0.15) is 0 Å². The van der Waals surface area contributed by atoms with Crippen molar-refractivity contribution in [1.82, 2.24) is 20.2 Å². The SMILES string of the molecule is C=Cn1nnc(NC(=O)C(C)C)n1. The average molecular weight is 181 g/mol. The maximum absolute atomic E-state index is 11.2. The van der Waals surface area contributed by atoms with Crippen LogP contribution in [-0.2, 0) is 4.79 Å². The van der Waals surface area contributed by atoms with Crippen molar-refractivity contribution in [3.05, 3.63) is 6.58 Å². The Morgan fingerprint density at radius 3 is 2.85 bits per heavy atom. The predicted octanol–water partition coefficient (Wildman–Crippen LogP) is 0.368. The van der Waals surface area contributed by atoms with Crippen LogP contribution >= 0.6 is 0 Å². The second-order valence-electron chi connectivity index (χ2n) is 2.76. The second-order valence-corrected chi connectivity index (χ2v) is 2.76. The highest BCUT2D eigenvalue weighted by Gasteiger charge is 2.09. The smallest absolute Gasteiger partial charge is 0.270 e. The third kappa shape index (κ3) is 2.36. The Kier molecular flexibility index (Phi) is 2.73. The molecule has 0 aromatic carbocycles. The average Bonchev–Trinajstić information content (AvgIpc) is 2.52. The zero-order valence-electron chi connectivity index (χ0n) is 7.56. The summed E-state index contributed by atoms with van der Waals surface area (Å²) in [5, 5.41) is 13.5. The molecule has 0 aliphatic rings. The summed E-state index contributed by atoms with van der Waals surface area (Å²) in [7, 11) is 0. The van der Waals surface area contributed by atoms with E-state index in [1.807, 2.05) is 0 Å². The fourth-order valence-corrected chi connectivity index (χ4v) is 0.607. The van der Waals surface area contributed by atoms with Crippen LogP contribution in [0.1, 0.15) is 13.8 Å². The highest BCUT2D eigenvalue weighted by Crippen LogP contribution is 1.98. The summed E-state index contributed by atoms with van der Waals surface area (Å²) in [4.78, 5) is 12.3. The Labute approximate surface area is 75.6 Å². The van der Waals surface area contributed by atoms with Gasteiger partial charge >= 0.3 is 0 Å². The summed E-state index contributed by atoms with van der Waals surface area (Å²) in [6.07, 6.45) is 1.39. The number of hydrogen-bond donors (Lipinski definition) is 1. The molecule has 0 fully saturated rings. The molecule has 1 heterocycles. The molecule has 0 aliphatic heterocycles. The second kappa shape index (κ2) is 3.79. The van der Waals surface area contributed by atoms with Crippen LogP contribution < -0.4 is 5.32 Å². The summed E-state index contributed by atoms with van der Waals surface area (Å²) < 4.78 is 0. The van der Waals surface area contributed by atoms with Crippen LogP contribution in [0, 0.1) is 5.92 Å². The van der Waals surface area contributed by atoms with E-state index in [2.05, 4.69) is 27.3 Å². The molecule has 1 amide bonds. The lowest BCUT2D eigenvalue weighted by molar-refractivity contribution is -0.118. The number of carbonyl (C=O) groups excluding carboxylic acids is 1. The van der Waals surface area contributed by atoms with Gasteiger partial charge in [-0.25, -0.2) is 0 Å². The predicted molar refractivity (Wildman–Crippen MR) is 47.7 cm³/mol. The molecule has 0 bridgehead atoms. The van der Waals surface area contributed by atoms with E-state index < -0.39 is 0 Å². The fraction of sp³-hybridized carbons (Fsp3) is 0.429. The highest BCUT2D eigenvalue weighted by atomic mass is 16.2. The van der Waals surface area contributed by atoms with Crippen molar-refractivity contribution in [3.8, 4) is 0 Å². The van der Waals surface area contributed by atoms with Gasteiger partial charge < -0.3 is 0 Å². The van der Waals surface area contributed by atoms with Gasteiger partial charge in [-0.05, 0) is 5.21 Å². The monoisotopic (exact) mass is 181 g/mol. The minimum Gasteiger partial charge on any atom is -0.292 e. The van der Waals surface area contributed by atoms with E-state index >= 15 is 0 Å². The molecule has 0 spiro atoms. The molecule has 1 aromatic heterocycles. The molecule has 13 heavy (non-hydrogen) atoms. The molecule has 1 rings (SSSR count). The number of tetrazole rings is 1. The minimum absolute atomic E-state index is 0.101. The first-order valence-corrected chi connectivity index (χ1v) is 3.86. The van der Waals surface area contributed by atoms with E-state index in [4.69, 9.17) is 0 Å². The molecular weight excluding hydrogens is 170 g/mol. The van der Waals surface area contributed by atoms with E-state index in [1.165, 1.54) is 11.0 Å². The first-order valence-electron chi connectivity index (χ1n) is 3.86. The largest absolute Gasteiger partial charge is 0.292 e. The summed E-state index contributed by atoms with van der Waals surface area (Å²) in [6, 6.07) is 0. The van der Waals surface area contributed by atoms with Crippen LogP contribution in [0.3, 0.4) is 0 Å². The summed E-state index contributed by atoms with van der Waals surface area (Å²) in [5.41, 5.74) is 0. The van der Waals surface area contributed by atoms with E-state index in [0.717, 1.165) is 0 Å². The Balaban J connectivity index is 2.64. The summed E-state index contributed by atoms with van der Waals surface area (Å²) in [6.45, 7) is 7.01. The van der Waals surface area contributed by atoms with Crippen molar-refractivity contribution in [2.75, 3.05) is 5.32 Å². The maximum Gasteiger partial charge on any atom is 0.270 e. The number of nitrogens with zero attached hydrogens (tertiary/aromatic N) is 4. The van der Waals surface area contributed by atoms with Gasteiger partial charge in [0.15, 0.2) is 0 Å². The number of anilines is 1. The first kappa shape index (κ1) is 9.37. The van der Waals surface area contributed by atoms with Gasteiger partial charge in [0, 0.05) is 12.1 Å². The topological polar surface area (TPSA) is 72.7 Å². The van der Waals surface area contributed by atoms with Crippen molar-refractivity contribution in [1.29, 1.82) is 0 Å². The minimum atomic E-state index is -0.136. The van der Waals surface area contributed by atoms with Crippen molar-refractivity contribution < 1.29 is 4.79 Å². The van der Waals surface area contributed by atoms with Crippen molar-refractivity contribution >= 4 is 18.1 Å². The molecule has 0 unspecified atom stereocenters. The molecule has 0 saturated carbocycles. The zero-order valence-corrected chi connectivity index (χ0v) is 7.56. The van der Waals surface area contributed by atoms with Crippen LogP contribution in [0.4, 0.5) is 5.95 Å². The van der Waals surface area contributed by atoms with Crippen LogP contribution in [0.5, 0.6) is 0 Å². The maximum atomic E-state index is 11.2. The number of nitrogens with one attached hydrogen (secondary N) is 1. The molecule has 6 heteroatoms. The Hall–Kier alpha value is -1.72. The van der Waals surface area contributed by atoms with Crippen LogP contribution in [0.15, 0.2) is 6.58 Å². The molecule has 1 aromatic rings. The molecule has 6 nitrogen and oxygen atoms in total. The Morgan fingerprint density at radius 1 is 1.69 bits per heavy atom. The van der Waals surface area contributed by atoms with Crippen molar-refractivity contribution in [2.45, 2.75) is 13.8 Å². The Morgan fingerprint density at radius 2 is 2.38 bits per heavy atom. The lowest BCUT2D eigenvalue weighted by Crippen LogP contribution is -2.18. The van der Waals surface area contributed by atoms with E-state index in [0.29, 0.717) is 0 Å². The van der Waals surface area contributed by atoms with E-state index in [1.54, 1.807) is 13.8 Å². The Bertz CT molecular complexity index is 316. The van der Waals surface area contributed by atoms with Gasteiger partial charge in [0.05, 0.1) is 0 Å². The fourth-order valence-electron chi connectivity index (χ4n) is 0.607. The number of rotatable bonds is 3. The molecule has 0 saturated heterocycles. The molecule has 70 valence electrons. The molecule has 0 atom stereocenters. The third-order valence-electron chi connectivity index (χ3n) is 1.35. The summed E-state index contributed by atoms with van der Waals surface area (Å²) >= 11 is 0. The number of hydrogen-bond acceptors (Lipinski definition) is 4. The van der Waals surface area contributed by atoms with Crippen LogP contribution in [-0.4, -0.2) is 26.1 Å². The highest BCUT2D eigenvalue weighted by molar-refractivity contribution is 5.90. The summed E-state index contributed by atoms with van der Waals surface area (Å²) in [5.74, 6) is -0.0436. The zero-order chi connectivity index (χ0) is 9.84. The number of carbonyl (C=O) groups is 1. The van der Waals surface area contributed by atoms with Crippen LogP contribution in [0.25, 0.3) is 6.20 Å². The van der Waals surface area contributed by atoms with Gasteiger partial charge in [-0.1, -0.05) is 25.5 Å². The van der Waals surface area contributed by atoms with Crippen molar-refractivity contribution in [2.24, 2.45) is 5.92 Å². The van der Waals surface area contributed by atoms with Crippen LogP contribution in [0.2, 0.25) is 0 Å². The lowest BCUT2D eigenvalue weighted by Gasteiger charge is -2.01. The number of amides is 1. The standard InChI is InChI=1S/C7H11N5O/c1-4-12-10-7(9-11-12)8-6(13)5(2)3/h4-5H,1H2,2-3H3,(H,8,10,13). The molecule has 0 aliphatic carbocycles. The molecule has 0 radical (unpaired) electrons. The molecule has 1 N–H and O–H groups in total. The first-order chi connectivity index (χ1) is 6.13. The van der Waals surface area contributed by atoms with Gasteiger partial charge in [-0.15, -0.1) is 9.90 Å². The lowest BCUT2D eigenvalue weighted by atomic mass is 10.2. The third-order valence-corrected chi connectivity index (χ3v) is 1.35. The quantitative estimate of drug-likeness (QED) is 0.731. The van der Waals surface area contributed by atoms with Gasteiger partial charge in [0.1, 0.15) is 0 Å². The number of aromatic nitrogens is 4. The van der Waals surface area contributed by atoms with Gasteiger partial charge in [0.25, 0.3) is 5.95 Å². The van der Waals surface area contributed by atoms with Gasteiger partial charge in [-0.3, -0.25) is 10.1 Å². The van der Waals surface area contributed by atoms with Gasteiger partial charge in [0.2, 0.25) is 5.91 Å².